The summed E-state index contributed by atoms with van der Waals surface area (Å²) in [6, 6.07) is 7.92. The Morgan fingerprint density at radius 2 is 1.94 bits per heavy atom. The molecule has 0 heterocycles. The van der Waals surface area contributed by atoms with Crippen LogP contribution in [0.2, 0.25) is 0 Å². The molecule has 2 N–H and O–H groups in total. The summed E-state index contributed by atoms with van der Waals surface area (Å²) in [5.74, 6) is 0. The standard InChI is InChI=1S/C13H14N2O2/c1-8-4-3-5-9(6-8)15(2)7-10-11(14)13(17)12(10)16/h3-6H,7,14H2,1-2H3. The molecule has 0 fully saturated rings. The molecule has 0 bridgehead atoms. The second kappa shape index (κ2) is 4.05. The average Bonchev–Trinajstić information content (AvgIpc) is 2.34. The molecule has 17 heavy (non-hydrogen) atoms. The molecule has 0 aliphatic rings. The summed E-state index contributed by atoms with van der Waals surface area (Å²) in [6.45, 7) is 2.38. The smallest absolute Gasteiger partial charge is 0.249 e. The lowest BCUT2D eigenvalue weighted by Gasteiger charge is -2.20. The number of aryl methyl sites for hydroxylation is 1. The number of nitrogens with zero attached hydrogens (tertiary/aromatic N) is 1. The van der Waals surface area contributed by atoms with Crippen molar-refractivity contribution < 1.29 is 0 Å². The lowest BCUT2D eigenvalue weighted by Crippen LogP contribution is -2.40. The first kappa shape index (κ1) is 11.4. The van der Waals surface area contributed by atoms with Gasteiger partial charge in [-0.3, -0.25) is 9.59 Å². The fourth-order valence-corrected chi connectivity index (χ4v) is 1.81. The van der Waals surface area contributed by atoms with Crippen molar-refractivity contribution in [1.82, 2.24) is 0 Å². The van der Waals surface area contributed by atoms with Crippen LogP contribution in [0.3, 0.4) is 0 Å². The Morgan fingerprint density at radius 3 is 2.53 bits per heavy atom. The minimum Gasteiger partial charge on any atom is -0.395 e. The fraction of sp³-hybridized carbons (Fsp3) is 0.231. The molecule has 0 saturated carbocycles. The van der Waals surface area contributed by atoms with Crippen molar-refractivity contribution in [1.29, 1.82) is 0 Å². The average molecular weight is 230 g/mol. The molecular weight excluding hydrogens is 216 g/mol. The van der Waals surface area contributed by atoms with E-state index in [1.165, 1.54) is 0 Å². The van der Waals surface area contributed by atoms with E-state index >= 15 is 0 Å². The van der Waals surface area contributed by atoms with Crippen LogP contribution in [0.15, 0.2) is 33.9 Å². The Balaban J connectivity index is 2.21. The van der Waals surface area contributed by atoms with E-state index in [2.05, 4.69) is 0 Å². The monoisotopic (exact) mass is 230 g/mol. The van der Waals surface area contributed by atoms with Gasteiger partial charge in [0.15, 0.2) is 0 Å². The minimum atomic E-state index is -0.558. The first-order valence-electron chi connectivity index (χ1n) is 5.36. The van der Waals surface area contributed by atoms with Crippen LogP contribution >= 0.6 is 0 Å². The predicted octanol–water partition coefficient (Wildman–Crippen LogP) is 0.810. The molecule has 0 aliphatic heterocycles. The summed E-state index contributed by atoms with van der Waals surface area (Å²) in [7, 11) is 1.87. The van der Waals surface area contributed by atoms with E-state index in [1.807, 2.05) is 43.1 Å². The maximum Gasteiger partial charge on any atom is 0.249 e. The third kappa shape index (κ3) is 1.93. The molecule has 0 unspecified atom stereocenters. The molecule has 2 aromatic carbocycles. The van der Waals surface area contributed by atoms with Crippen LogP contribution in [0, 0.1) is 6.92 Å². The van der Waals surface area contributed by atoms with Crippen LogP contribution in [0.4, 0.5) is 11.4 Å². The molecule has 0 atom stereocenters. The third-order valence-corrected chi connectivity index (χ3v) is 2.89. The van der Waals surface area contributed by atoms with E-state index in [0.717, 1.165) is 11.3 Å². The summed E-state index contributed by atoms with van der Waals surface area (Å²) >= 11 is 0. The second-order valence-electron chi connectivity index (χ2n) is 4.25. The number of hydrogen-bond donors (Lipinski definition) is 1. The van der Waals surface area contributed by atoms with Crippen LogP contribution in [0.1, 0.15) is 11.1 Å². The molecule has 2 rings (SSSR count). The van der Waals surface area contributed by atoms with Gasteiger partial charge in [0, 0.05) is 19.3 Å². The van der Waals surface area contributed by atoms with Crippen molar-refractivity contribution in [2.75, 3.05) is 17.7 Å². The molecule has 0 aromatic heterocycles. The Hall–Kier alpha value is -2.10. The maximum atomic E-state index is 11.3. The van der Waals surface area contributed by atoms with Gasteiger partial charge in [-0.05, 0) is 24.6 Å². The van der Waals surface area contributed by atoms with Gasteiger partial charge in [0.05, 0.1) is 11.3 Å². The summed E-state index contributed by atoms with van der Waals surface area (Å²) in [5.41, 5.74) is 7.15. The zero-order chi connectivity index (χ0) is 12.6. The number of rotatable bonds is 3. The third-order valence-electron chi connectivity index (χ3n) is 2.89. The van der Waals surface area contributed by atoms with Crippen LogP contribution in [0.5, 0.6) is 0 Å². The van der Waals surface area contributed by atoms with Crippen molar-refractivity contribution in [3.8, 4) is 0 Å². The van der Waals surface area contributed by atoms with Gasteiger partial charge >= 0.3 is 0 Å². The number of benzene rings is 1. The molecule has 0 spiro atoms. The Morgan fingerprint density at radius 1 is 1.24 bits per heavy atom. The minimum absolute atomic E-state index is 0.106. The van der Waals surface area contributed by atoms with Crippen LogP contribution < -0.4 is 21.5 Å². The Labute approximate surface area is 99.0 Å². The van der Waals surface area contributed by atoms with Gasteiger partial charge in [0.25, 0.3) is 0 Å². The lowest BCUT2D eigenvalue weighted by atomic mass is 10.1. The van der Waals surface area contributed by atoms with E-state index in [9.17, 15) is 9.59 Å². The number of nitrogen functional groups attached to an aromatic ring is 1. The quantitative estimate of drug-likeness (QED) is 0.792. The van der Waals surface area contributed by atoms with Crippen molar-refractivity contribution in [2.24, 2.45) is 0 Å². The molecule has 88 valence electrons. The number of nitrogens with two attached hydrogens (primary N) is 1. The summed E-state index contributed by atoms with van der Waals surface area (Å²) in [5, 5.41) is 0. The SMILES string of the molecule is Cc1cccc(N(C)Cc2c(N)c(=O)c2=O)c1. The maximum absolute atomic E-state index is 11.3. The van der Waals surface area contributed by atoms with E-state index < -0.39 is 10.9 Å². The van der Waals surface area contributed by atoms with E-state index in [0.29, 0.717) is 12.1 Å². The Bertz CT molecular complexity index is 624. The highest BCUT2D eigenvalue weighted by atomic mass is 16.2. The van der Waals surface area contributed by atoms with Crippen molar-refractivity contribution in [2.45, 2.75) is 13.5 Å². The molecule has 0 saturated heterocycles. The van der Waals surface area contributed by atoms with Gasteiger partial charge in [0.2, 0.25) is 10.9 Å². The molecular formula is C13H14N2O2. The molecule has 0 radical (unpaired) electrons. The van der Waals surface area contributed by atoms with E-state index in [1.54, 1.807) is 0 Å². The predicted molar refractivity (Wildman–Crippen MR) is 69.1 cm³/mol. The molecule has 4 heteroatoms. The van der Waals surface area contributed by atoms with Gasteiger partial charge in [-0.15, -0.1) is 0 Å². The van der Waals surface area contributed by atoms with Crippen molar-refractivity contribution >= 4 is 11.4 Å². The zero-order valence-electron chi connectivity index (χ0n) is 9.86. The summed E-state index contributed by atoms with van der Waals surface area (Å²) < 4.78 is 0. The van der Waals surface area contributed by atoms with Crippen molar-refractivity contribution in [3.63, 3.8) is 0 Å². The number of hydrogen-bond acceptors (Lipinski definition) is 4. The van der Waals surface area contributed by atoms with Gasteiger partial charge in [-0.25, -0.2) is 0 Å². The van der Waals surface area contributed by atoms with Gasteiger partial charge in [-0.1, -0.05) is 12.1 Å². The van der Waals surface area contributed by atoms with Gasteiger partial charge < -0.3 is 10.6 Å². The zero-order valence-corrected chi connectivity index (χ0v) is 9.86. The largest absolute Gasteiger partial charge is 0.395 e. The lowest BCUT2D eigenvalue weighted by molar-refractivity contribution is 0.904. The van der Waals surface area contributed by atoms with Crippen LogP contribution in [0.25, 0.3) is 0 Å². The summed E-state index contributed by atoms with van der Waals surface area (Å²) in [6.07, 6.45) is 0. The van der Waals surface area contributed by atoms with Gasteiger partial charge in [0.1, 0.15) is 0 Å². The normalized spacial score (nSPS) is 10.7. The molecule has 4 nitrogen and oxygen atoms in total. The Kier molecular flexibility index (Phi) is 2.71. The van der Waals surface area contributed by atoms with E-state index in [4.69, 9.17) is 5.73 Å². The highest BCUT2D eigenvalue weighted by molar-refractivity contribution is 5.55. The van der Waals surface area contributed by atoms with Crippen LogP contribution in [-0.4, -0.2) is 7.05 Å². The second-order valence-corrected chi connectivity index (χ2v) is 4.25. The fourth-order valence-electron chi connectivity index (χ4n) is 1.81. The first-order valence-corrected chi connectivity index (χ1v) is 5.36. The van der Waals surface area contributed by atoms with Crippen molar-refractivity contribution in [3.05, 3.63) is 55.8 Å². The van der Waals surface area contributed by atoms with Gasteiger partial charge in [-0.2, -0.15) is 0 Å². The van der Waals surface area contributed by atoms with Crippen LogP contribution in [-0.2, 0) is 6.54 Å². The highest BCUT2D eigenvalue weighted by Crippen LogP contribution is 2.17. The highest BCUT2D eigenvalue weighted by Gasteiger charge is 2.19. The topological polar surface area (TPSA) is 63.4 Å². The first-order chi connectivity index (χ1) is 8.00. The molecule has 0 amide bonds. The molecule has 2 aromatic rings. The number of anilines is 2. The van der Waals surface area contributed by atoms with E-state index in [-0.39, 0.29) is 5.69 Å². The molecule has 0 aliphatic carbocycles. The summed E-state index contributed by atoms with van der Waals surface area (Å²) in [4.78, 5) is 24.2.